The van der Waals surface area contributed by atoms with Crippen LogP contribution in [0.2, 0.25) is 0 Å². The van der Waals surface area contributed by atoms with Gasteiger partial charge in [-0.2, -0.15) is 5.10 Å². The third-order valence-electron chi connectivity index (χ3n) is 3.15. The van der Waals surface area contributed by atoms with E-state index in [2.05, 4.69) is 10.4 Å². The second kappa shape index (κ2) is 7.44. The van der Waals surface area contributed by atoms with Crippen molar-refractivity contribution in [1.29, 1.82) is 0 Å². The molecule has 0 radical (unpaired) electrons. The number of nitrogens with zero attached hydrogens (tertiary/aromatic N) is 2. The largest absolute Gasteiger partial charge is 0.484 e. The van der Waals surface area contributed by atoms with Crippen LogP contribution >= 0.6 is 0 Å². The summed E-state index contributed by atoms with van der Waals surface area (Å²) in [6, 6.07) is 9.32. The number of carbonyl (C=O) groups is 1. The number of aryl methyl sites for hydroxylation is 1. The lowest BCUT2D eigenvalue weighted by molar-refractivity contribution is -0.123. The maximum absolute atomic E-state index is 11.7. The Morgan fingerprint density at radius 3 is 2.71 bits per heavy atom. The van der Waals surface area contributed by atoms with Crippen molar-refractivity contribution in [2.75, 3.05) is 13.2 Å². The molecule has 0 aliphatic heterocycles. The van der Waals surface area contributed by atoms with Crippen LogP contribution in [0.4, 0.5) is 0 Å². The summed E-state index contributed by atoms with van der Waals surface area (Å²) in [6.07, 6.45) is 2.48. The molecule has 2 rings (SSSR count). The van der Waals surface area contributed by atoms with Gasteiger partial charge in [0.2, 0.25) is 0 Å². The lowest BCUT2D eigenvalue weighted by atomic mass is 10.2. The van der Waals surface area contributed by atoms with Gasteiger partial charge in [0, 0.05) is 38.4 Å². The molecule has 0 saturated heterocycles. The van der Waals surface area contributed by atoms with E-state index in [9.17, 15) is 4.79 Å². The highest BCUT2D eigenvalue weighted by Gasteiger charge is 2.04. The third-order valence-corrected chi connectivity index (χ3v) is 3.15. The zero-order chi connectivity index (χ0) is 15.1. The number of rotatable bonds is 7. The number of nitrogens with two attached hydrogens (primary N) is 1. The van der Waals surface area contributed by atoms with Gasteiger partial charge in [-0.25, -0.2) is 0 Å². The third kappa shape index (κ3) is 4.61. The van der Waals surface area contributed by atoms with Crippen LogP contribution in [0, 0.1) is 0 Å². The first-order valence-corrected chi connectivity index (χ1v) is 6.84. The molecule has 21 heavy (non-hydrogen) atoms. The van der Waals surface area contributed by atoms with E-state index in [-0.39, 0.29) is 12.5 Å². The Morgan fingerprint density at radius 1 is 1.33 bits per heavy atom. The molecule has 0 bridgehead atoms. The van der Waals surface area contributed by atoms with Gasteiger partial charge in [-0.3, -0.25) is 9.48 Å². The molecule has 3 N–H and O–H groups in total. The minimum absolute atomic E-state index is 0.00730. The molecule has 112 valence electrons. The number of aromatic nitrogens is 2. The van der Waals surface area contributed by atoms with Gasteiger partial charge in [0.1, 0.15) is 5.75 Å². The molecule has 0 aliphatic rings. The van der Waals surface area contributed by atoms with E-state index >= 15 is 0 Å². The summed E-state index contributed by atoms with van der Waals surface area (Å²) in [5.74, 6) is 0.522. The Hall–Kier alpha value is -2.34. The van der Waals surface area contributed by atoms with Gasteiger partial charge in [0.05, 0.1) is 0 Å². The maximum Gasteiger partial charge on any atom is 0.257 e. The van der Waals surface area contributed by atoms with Crippen LogP contribution in [0.1, 0.15) is 11.3 Å². The molecule has 1 heterocycles. The Labute approximate surface area is 123 Å². The smallest absolute Gasteiger partial charge is 0.257 e. The van der Waals surface area contributed by atoms with Crippen molar-refractivity contribution < 1.29 is 9.53 Å². The first kappa shape index (κ1) is 15.1. The number of benzene rings is 1. The molecule has 0 aliphatic carbocycles. The monoisotopic (exact) mass is 288 g/mol. The number of amides is 1. The molecular formula is C15H20N4O2. The van der Waals surface area contributed by atoms with E-state index in [1.54, 1.807) is 10.9 Å². The average Bonchev–Trinajstić information content (AvgIpc) is 2.91. The molecule has 6 nitrogen and oxygen atoms in total. The molecule has 0 unspecified atom stereocenters. The van der Waals surface area contributed by atoms with E-state index in [1.807, 2.05) is 37.4 Å². The Morgan fingerprint density at radius 2 is 2.10 bits per heavy atom. The Kier molecular flexibility index (Phi) is 5.34. The van der Waals surface area contributed by atoms with Crippen LogP contribution in [0.15, 0.2) is 36.5 Å². The first-order valence-electron chi connectivity index (χ1n) is 6.84. The molecule has 1 aromatic heterocycles. The average molecular weight is 288 g/mol. The summed E-state index contributed by atoms with van der Waals surface area (Å²) in [5.41, 5.74) is 7.62. The van der Waals surface area contributed by atoms with Crippen molar-refractivity contribution in [2.45, 2.75) is 13.0 Å². The van der Waals surface area contributed by atoms with Gasteiger partial charge in [0.25, 0.3) is 5.91 Å². The minimum atomic E-state index is -0.139. The standard InChI is InChI=1S/C15H20N4O2/c1-19-13(7-9-18-19)6-8-17-15(20)11-21-14-4-2-12(10-16)3-5-14/h2-5,7,9H,6,8,10-11,16H2,1H3,(H,17,20). The zero-order valence-corrected chi connectivity index (χ0v) is 12.1. The number of hydrogen-bond acceptors (Lipinski definition) is 4. The topological polar surface area (TPSA) is 82.2 Å². The van der Waals surface area contributed by atoms with E-state index in [0.717, 1.165) is 17.7 Å². The Balaban J connectivity index is 1.68. The van der Waals surface area contributed by atoms with Crippen molar-refractivity contribution >= 4 is 5.91 Å². The fourth-order valence-electron chi connectivity index (χ4n) is 1.90. The van der Waals surface area contributed by atoms with Crippen LogP contribution in [-0.2, 0) is 24.8 Å². The fourth-order valence-corrected chi connectivity index (χ4v) is 1.90. The SMILES string of the molecule is Cn1nccc1CCNC(=O)COc1ccc(CN)cc1. The molecule has 1 aromatic carbocycles. The number of hydrogen-bond donors (Lipinski definition) is 2. The number of ether oxygens (including phenoxy) is 1. The van der Waals surface area contributed by atoms with Crippen molar-refractivity contribution in [3.8, 4) is 5.75 Å². The highest BCUT2D eigenvalue weighted by atomic mass is 16.5. The molecule has 0 saturated carbocycles. The molecule has 0 atom stereocenters. The number of nitrogens with one attached hydrogen (secondary N) is 1. The van der Waals surface area contributed by atoms with Crippen LogP contribution in [0.5, 0.6) is 5.75 Å². The molecule has 0 fully saturated rings. The van der Waals surface area contributed by atoms with Crippen molar-refractivity contribution in [1.82, 2.24) is 15.1 Å². The second-order valence-corrected chi connectivity index (χ2v) is 4.68. The zero-order valence-electron chi connectivity index (χ0n) is 12.1. The van der Waals surface area contributed by atoms with Gasteiger partial charge < -0.3 is 15.8 Å². The van der Waals surface area contributed by atoms with Gasteiger partial charge in [-0.15, -0.1) is 0 Å². The maximum atomic E-state index is 11.7. The summed E-state index contributed by atoms with van der Waals surface area (Å²) >= 11 is 0. The van der Waals surface area contributed by atoms with Gasteiger partial charge in [0.15, 0.2) is 6.61 Å². The van der Waals surface area contributed by atoms with Crippen LogP contribution < -0.4 is 15.8 Å². The predicted octanol–water partition coefficient (Wildman–Crippen LogP) is 0.617. The van der Waals surface area contributed by atoms with E-state index in [1.165, 1.54) is 0 Å². The van der Waals surface area contributed by atoms with Crippen LogP contribution in [-0.4, -0.2) is 28.8 Å². The summed E-state index contributed by atoms with van der Waals surface area (Å²) in [7, 11) is 1.88. The summed E-state index contributed by atoms with van der Waals surface area (Å²) < 4.78 is 7.20. The van der Waals surface area contributed by atoms with Gasteiger partial charge in [-0.05, 0) is 23.8 Å². The molecule has 0 spiro atoms. The van der Waals surface area contributed by atoms with Crippen molar-refractivity contribution in [2.24, 2.45) is 12.8 Å². The minimum Gasteiger partial charge on any atom is -0.484 e. The van der Waals surface area contributed by atoms with Crippen LogP contribution in [0.25, 0.3) is 0 Å². The lowest BCUT2D eigenvalue weighted by Gasteiger charge is -2.08. The highest BCUT2D eigenvalue weighted by Crippen LogP contribution is 2.11. The lowest BCUT2D eigenvalue weighted by Crippen LogP contribution is -2.30. The summed E-state index contributed by atoms with van der Waals surface area (Å²) in [6.45, 7) is 1.07. The quantitative estimate of drug-likeness (QED) is 0.782. The fraction of sp³-hybridized carbons (Fsp3) is 0.333. The van der Waals surface area contributed by atoms with Crippen molar-refractivity contribution in [3.63, 3.8) is 0 Å². The normalized spacial score (nSPS) is 10.4. The van der Waals surface area contributed by atoms with E-state index in [0.29, 0.717) is 18.8 Å². The molecule has 1 amide bonds. The predicted molar refractivity (Wildman–Crippen MR) is 79.8 cm³/mol. The van der Waals surface area contributed by atoms with Gasteiger partial charge >= 0.3 is 0 Å². The van der Waals surface area contributed by atoms with Gasteiger partial charge in [-0.1, -0.05) is 12.1 Å². The van der Waals surface area contributed by atoms with E-state index in [4.69, 9.17) is 10.5 Å². The van der Waals surface area contributed by atoms with Crippen molar-refractivity contribution in [3.05, 3.63) is 47.8 Å². The molecule has 6 heteroatoms. The second-order valence-electron chi connectivity index (χ2n) is 4.68. The summed E-state index contributed by atoms with van der Waals surface area (Å²) in [5, 5.41) is 6.89. The van der Waals surface area contributed by atoms with E-state index < -0.39 is 0 Å². The molecule has 2 aromatic rings. The summed E-state index contributed by atoms with van der Waals surface area (Å²) in [4.78, 5) is 11.7. The first-order chi connectivity index (χ1) is 10.2. The van der Waals surface area contributed by atoms with Crippen LogP contribution in [0.3, 0.4) is 0 Å². The Bertz CT molecular complexity index is 578. The molecular weight excluding hydrogens is 268 g/mol. The highest BCUT2D eigenvalue weighted by molar-refractivity contribution is 5.77. The number of carbonyl (C=O) groups excluding carboxylic acids is 1.